The van der Waals surface area contributed by atoms with Crippen molar-refractivity contribution in [3.63, 3.8) is 0 Å². The van der Waals surface area contributed by atoms with Crippen LogP contribution in [-0.2, 0) is 42.8 Å². The maximum absolute atomic E-state index is 13.8. The molecule has 0 aromatic rings. The summed E-state index contributed by atoms with van der Waals surface area (Å²) in [4.78, 5) is 37.7. The summed E-state index contributed by atoms with van der Waals surface area (Å²) in [6.07, 6.45) is 7.01. The van der Waals surface area contributed by atoms with Gasteiger partial charge in [-0.05, 0) is 39.2 Å². The average Bonchev–Trinajstić information content (AvgIpc) is 3.08. The van der Waals surface area contributed by atoms with E-state index < -0.39 is 78.3 Å². The van der Waals surface area contributed by atoms with Gasteiger partial charge in [0.25, 0.3) is 0 Å². The second kappa shape index (κ2) is 21.0. The topological polar surface area (TPSA) is 167 Å². The number of carbonyl (C=O) groups is 3. The van der Waals surface area contributed by atoms with Crippen molar-refractivity contribution in [2.45, 2.75) is 137 Å². The van der Waals surface area contributed by atoms with Crippen LogP contribution in [0.1, 0.15) is 88.5 Å². The molecule has 0 aromatic carbocycles. The van der Waals surface area contributed by atoms with Gasteiger partial charge in [-0.2, -0.15) is 0 Å². The van der Waals surface area contributed by atoms with Gasteiger partial charge in [-0.15, -0.1) is 0 Å². The van der Waals surface area contributed by atoms with Crippen LogP contribution < -0.4 is 0 Å². The van der Waals surface area contributed by atoms with Crippen molar-refractivity contribution in [3.05, 3.63) is 59.4 Å². The lowest BCUT2D eigenvalue weighted by Gasteiger charge is -2.48. The Morgan fingerprint density at radius 3 is 2.25 bits per heavy atom. The minimum absolute atomic E-state index is 0.0824. The maximum atomic E-state index is 13.8. The first-order valence-corrected chi connectivity index (χ1v) is 18.5. The standard InChI is InChI=1S/C41H64O12/c1-13-15-33-27(6)37(51-31(10)43)22-41(47,53-33)29(8)38(45)28(7)39-34(48-11)17-14-16-23(2)18-26(5)35(50-30(9)42)21-32(44)25(4)19-24(3)20-36(49-12)40(46)52-39/h13-17,19-20,25-29,32-35,37-39,44-45,47H,18,21-22H2,1-12H3/b15-13+,17-14+,23-16+,24-19+,36-20-/t25-,26-,27-,28+,29+,32?,33-,34+,35-,37-,38-,39-,41-/m1/s1. The fourth-order valence-corrected chi connectivity index (χ4v) is 7.11. The predicted octanol–water partition coefficient (Wildman–Crippen LogP) is 5.51. The van der Waals surface area contributed by atoms with Gasteiger partial charge < -0.3 is 43.7 Å². The number of methoxy groups -OCH3 is 2. The van der Waals surface area contributed by atoms with Crippen LogP contribution in [0.2, 0.25) is 0 Å². The van der Waals surface area contributed by atoms with Crippen LogP contribution >= 0.6 is 0 Å². The molecule has 1 saturated heterocycles. The molecule has 300 valence electrons. The molecular formula is C41H64O12. The van der Waals surface area contributed by atoms with E-state index in [0.29, 0.717) is 12.0 Å². The van der Waals surface area contributed by atoms with Crippen LogP contribution in [0.5, 0.6) is 0 Å². The van der Waals surface area contributed by atoms with Gasteiger partial charge >= 0.3 is 17.9 Å². The van der Waals surface area contributed by atoms with Crippen molar-refractivity contribution in [2.75, 3.05) is 14.2 Å². The molecule has 2 heterocycles. The van der Waals surface area contributed by atoms with E-state index in [4.69, 9.17) is 28.4 Å². The van der Waals surface area contributed by atoms with Gasteiger partial charge in [-0.3, -0.25) is 9.59 Å². The minimum atomic E-state index is -1.91. The summed E-state index contributed by atoms with van der Waals surface area (Å²) in [7, 11) is 2.80. The van der Waals surface area contributed by atoms with Gasteiger partial charge in [0.05, 0.1) is 25.4 Å². The number of hydrogen-bond acceptors (Lipinski definition) is 12. The van der Waals surface area contributed by atoms with Crippen LogP contribution in [0.25, 0.3) is 0 Å². The molecule has 13 atom stereocenters. The summed E-state index contributed by atoms with van der Waals surface area (Å²) in [6.45, 7) is 17.2. The molecular weight excluding hydrogens is 684 g/mol. The molecule has 3 N–H and O–H groups in total. The first-order chi connectivity index (χ1) is 24.8. The molecule has 0 spiro atoms. The van der Waals surface area contributed by atoms with Crippen LogP contribution in [0.4, 0.5) is 0 Å². The molecule has 1 fully saturated rings. The van der Waals surface area contributed by atoms with Crippen molar-refractivity contribution in [1.82, 2.24) is 0 Å². The van der Waals surface area contributed by atoms with Gasteiger partial charge in [0.1, 0.15) is 24.4 Å². The Kier molecular flexibility index (Phi) is 18.1. The number of allylic oxidation sites excluding steroid dienone is 6. The largest absolute Gasteiger partial charge is 0.490 e. The molecule has 0 amide bonds. The Morgan fingerprint density at radius 2 is 1.68 bits per heavy atom. The summed E-state index contributed by atoms with van der Waals surface area (Å²) in [5.41, 5.74) is 1.58. The Morgan fingerprint density at radius 1 is 1.06 bits per heavy atom. The Bertz CT molecular complexity index is 1380. The number of rotatable bonds is 9. The first kappa shape index (κ1) is 45.9. The van der Waals surface area contributed by atoms with Gasteiger partial charge in [0, 0.05) is 57.5 Å². The molecule has 2 aliphatic rings. The normalized spacial score (nSPS) is 37.8. The zero-order chi connectivity index (χ0) is 40.2. The SMILES string of the molecule is C/C=C/[C@H]1O[C@@](O)([C@@H](C)[C@H](O)[C@H](C)[C@H]2OC(=O)/C(OC)=C/C(C)=C/[C@@H](C)C(O)C[C@@H](OC(C)=O)[C@H](C)C/C(C)=C/C=C/[C@@H]2OC)C[C@@H](OC(C)=O)[C@@H]1C. The molecule has 12 heteroatoms. The van der Waals surface area contributed by atoms with Crippen molar-refractivity contribution >= 4 is 17.9 Å². The third kappa shape index (κ3) is 13.2. The predicted molar refractivity (Wildman–Crippen MR) is 200 cm³/mol. The van der Waals surface area contributed by atoms with Crippen LogP contribution in [0, 0.1) is 29.6 Å². The Balaban J connectivity index is 2.61. The number of ether oxygens (including phenoxy) is 6. The lowest BCUT2D eigenvalue weighted by atomic mass is 9.77. The number of aliphatic hydroxyl groups is 3. The zero-order valence-electron chi connectivity index (χ0n) is 33.6. The summed E-state index contributed by atoms with van der Waals surface area (Å²) in [6, 6.07) is 0. The van der Waals surface area contributed by atoms with Gasteiger partial charge in [0.2, 0.25) is 5.76 Å². The van der Waals surface area contributed by atoms with Crippen molar-refractivity contribution < 1.29 is 58.1 Å². The highest BCUT2D eigenvalue weighted by Gasteiger charge is 2.52. The summed E-state index contributed by atoms with van der Waals surface area (Å²) in [5, 5.41) is 35.0. The third-order valence-corrected chi connectivity index (χ3v) is 10.4. The van der Waals surface area contributed by atoms with E-state index in [9.17, 15) is 29.7 Å². The number of cyclic esters (lactones) is 1. The average molecular weight is 749 g/mol. The molecule has 0 saturated carbocycles. The number of aliphatic hydroxyl groups excluding tert-OH is 2. The third-order valence-electron chi connectivity index (χ3n) is 10.4. The van der Waals surface area contributed by atoms with Crippen LogP contribution in [0.3, 0.4) is 0 Å². The second-order valence-electron chi connectivity index (χ2n) is 14.9. The van der Waals surface area contributed by atoms with Crippen LogP contribution in [0.15, 0.2) is 59.4 Å². The highest BCUT2D eigenvalue weighted by molar-refractivity contribution is 5.87. The fourth-order valence-electron chi connectivity index (χ4n) is 7.11. The minimum Gasteiger partial charge on any atom is -0.490 e. The highest BCUT2D eigenvalue weighted by Crippen LogP contribution is 2.41. The smallest absolute Gasteiger partial charge is 0.373 e. The first-order valence-electron chi connectivity index (χ1n) is 18.5. The lowest BCUT2D eigenvalue weighted by molar-refractivity contribution is -0.314. The molecule has 2 rings (SSSR count). The van der Waals surface area contributed by atoms with Crippen molar-refractivity contribution in [3.8, 4) is 0 Å². The monoisotopic (exact) mass is 748 g/mol. The molecule has 1 unspecified atom stereocenters. The van der Waals surface area contributed by atoms with E-state index in [-0.39, 0.29) is 36.4 Å². The highest BCUT2D eigenvalue weighted by atomic mass is 16.6. The fraction of sp³-hybridized carbons (Fsp3) is 0.683. The number of esters is 3. The van der Waals surface area contributed by atoms with E-state index in [2.05, 4.69) is 0 Å². The summed E-state index contributed by atoms with van der Waals surface area (Å²) < 4.78 is 34.8. The maximum Gasteiger partial charge on any atom is 0.373 e. The Labute approximate surface area is 315 Å². The van der Waals surface area contributed by atoms with E-state index in [0.717, 1.165) is 5.57 Å². The second-order valence-corrected chi connectivity index (χ2v) is 14.9. The van der Waals surface area contributed by atoms with Gasteiger partial charge in [-0.1, -0.05) is 82.2 Å². The molecule has 0 radical (unpaired) electrons. The van der Waals surface area contributed by atoms with Crippen molar-refractivity contribution in [1.29, 1.82) is 0 Å². The Hall–Kier alpha value is -3.29. The number of hydrogen-bond donors (Lipinski definition) is 3. The molecule has 0 aliphatic carbocycles. The summed E-state index contributed by atoms with van der Waals surface area (Å²) in [5.74, 6) is -6.31. The lowest BCUT2D eigenvalue weighted by Crippen LogP contribution is -2.58. The van der Waals surface area contributed by atoms with Crippen molar-refractivity contribution in [2.24, 2.45) is 29.6 Å². The van der Waals surface area contributed by atoms with E-state index in [1.54, 1.807) is 51.2 Å². The van der Waals surface area contributed by atoms with Crippen LogP contribution in [-0.4, -0.2) is 96.0 Å². The molecule has 0 aromatic heterocycles. The quantitative estimate of drug-likeness (QED) is 0.154. The zero-order valence-corrected chi connectivity index (χ0v) is 33.6. The van der Waals surface area contributed by atoms with Gasteiger partial charge in [-0.25, -0.2) is 4.79 Å². The summed E-state index contributed by atoms with van der Waals surface area (Å²) >= 11 is 0. The molecule has 12 nitrogen and oxygen atoms in total. The molecule has 2 aliphatic heterocycles. The van der Waals surface area contributed by atoms with E-state index in [1.165, 1.54) is 34.1 Å². The number of carbonyl (C=O) groups excluding carboxylic acids is 3. The van der Waals surface area contributed by atoms with Gasteiger partial charge in [0.15, 0.2) is 5.79 Å². The molecule has 0 bridgehead atoms. The molecule has 53 heavy (non-hydrogen) atoms. The van der Waals surface area contributed by atoms with E-state index >= 15 is 0 Å². The van der Waals surface area contributed by atoms with E-state index in [1.807, 2.05) is 40.7 Å².